The molecule has 5 nitrogen and oxygen atoms in total. The predicted molar refractivity (Wildman–Crippen MR) is 94.8 cm³/mol. The number of rotatable bonds is 8. The summed E-state index contributed by atoms with van der Waals surface area (Å²) in [6, 6.07) is 17.0. The molecular formula is C20H23NO4. The van der Waals surface area contributed by atoms with E-state index in [9.17, 15) is 4.79 Å². The Hall–Kier alpha value is -2.53. The maximum Gasteiger partial charge on any atom is 0.266 e. The van der Waals surface area contributed by atoms with Crippen molar-refractivity contribution in [3.63, 3.8) is 0 Å². The summed E-state index contributed by atoms with van der Waals surface area (Å²) < 4.78 is 16.6. The number of amides is 1. The molecule has 5 heteroatoms. The topological polar surface area (TPSA) is 48.0 Å². The number of carbonyl (C=O) groups excluding carboxylic acids is 1. The van der Waals surface area contributed by atoms with Crippen molar-refractivity contribution >= 4 is 5.91 Å². The summed E-state index contributed by atoms with van der Waals surface area (Å²) in [4.78, 5) is 14.5. The molecule has 0 aliphatic carbocycles. The van der Waals surface area contributed by atoms with Crippen molar-refractivity contribution in [1.82, 2.24) is 4.90 Å². The molecule has 2 aromatic carbocycles. The number of β-lactam (4-membered cyclic amide) rings is 1. The van der Waals surface area contributed by atoms with Crippen LogP contribution in [0.2, 0.25) is 0 Å². The molecule has 0 saturated carbocycles. The van der Waals surface area contributed by atoms with Crippen LogP contribution in [-0.2, 0) is 9.53 Å². The van der Waals surface area contributed by atoms with E-state index in [4.69, 9.17) is 14.2 Å². The zero-order valence-electron chi connectivity index (χ0n) is 14.6. The Morgan fingerprint density at radius 1 is 1.00 bits per heavy atom. The van der Waals surface area contributed by atoms with Crippen LogP contribution in [0.3, 0.4) is 0 Å². The Bertz CT molecular complexity index is 704. The third-order valence-electron chi connectivity index (χ3n) is 4.36. The van der Waals surface area contributed by atoms with Gasteiger partial charge in [0.2, 0.25) is 6.10 Å². The second-order valence-electron chi connectivity index (χ2n) is 5.92. The second-order valence-corrected chi connectivity index (χ2v) is 5.92. The van der Waals surface area contributed by atoms with Gasteiger partial charge >= 0.3 is 0 Å². The maximum absolute atomic E-state index is 12.7. The predicted octanol–water partition coefficient (Wildman–Crippen LogP) is 3.06. The van der Waals surface area contributed by atoms with Gasteiger partial charge in [-0.1, -0.05) is 36.4 Å². The molecule has 132 valence electrons. The standard InChI is InChI=1S/C20H23NO4/c1-23-14-8-13-21-18(16-11-6-7-12-17(16)24-2)19(20(21)22)25-15-9-4-3-5-10-15/h3-7,9-12,18-19H,8,13-14H2,1-2H3/t18-,19-/m0/s1. The summed E-state index contributed by atoms with van der Waals surface area (Å²) in [7, 11) is 3.30. The minimum atomic E-state index is -0.541. The fourth-order valence-corrected chi connectivity index (χ4v) is 3.15. The zero-order valence-corrected chi connectivity index (χ0v) is 14.6. The summed E-state index contributed by atoms with van der Waals surface area (Å²) in [5.41, 5.74) is 0.961. The Kier molecular flexibility index (Phi) is 5.56. The highest BCUT2D eigenvalue weighted by Crippen LogP contribution is 2.41. The third kappa shape index (κ3) is 3.61. The van der Waals surface area contributed by atoms with E-state index in [0.29, 0.717) is 18.9 Å². The molecule has 2 aromatic rings. The molecule has 0 N–H and O–H groups in total. The van der Waals surface area contributed by atoms with E-state index in [1.807, 2.05) is 59.5 Å². The minimum absolute atomic E-state index is 0.00383. The highest BCUT2D eigenvalue weighted by atomic mass is 16.5. The maximum atomic E-state index is 12.7. The lowest BCUT2D eigenvalue weighted by atomic mass is 9.89. The van der Waals surface area contributed by atoms with Crippen LogP contribution in [0.5, 0.6) is 11.5 Å². The molecule has 1 heterocycles. The van der Waals surface area contributed by atoms with Gasteiger partial charge in [-0.15, -0.1) is 0 Å². The molecule has 1 saturated heterocycles. The lowest BCUT2D eigenvalue weighted by Crippen LogP contribution is -2.61. The Labute approximate surface area is 148 Å². The van der Waals surface area contributed by atoms with E-state index in [1.165, 1.54) is 0 Å². The number of methoxy groups -OCH3 is 2. The fourth-order valence-electron chi connectivity index (χ4n) is 3.15. The van der Waals surface area contributed by atoms with Gasteiger partial charge in [-0.3, -0.25) is 4.79 Å². The summed E-state index contributed by atoms with van der Waals surface area (Å²) in [5, 5.41) is 0. The van der Waals surface area contributed by atoms with Gasteiger partial charge in [-0.25, -0.2) is 0 Å². The normalized spacial score (nSPS) is 19.4. The van der Waals surface area contributed by atoms with Gasteiger partial charge in [0.15, 0.2) is 0 Å². The molecule has 0 bridgehead atoms. The first-order chi connectivity index (χ1) is 12.3. The fraction of sp³-hybridized carbons (Fsp3) is 0.350. The van der Waals surface area contributed by atoms with E-state index in [-0.39, 0.29) is 11.9 Å². The number of carbonyl (C=O) groups is 1. The smallest absolute Gasteiger partial charge is 0.266 e. The van der Waals surface area contributed by atoms with Gasteiger partial charge in [-0.2, -0.15) is 0 Å². The molecule has 0 spiro atoms. The van der Waals surface area contributed by atoms with E-state index in [2.05, 4.69) is 0 Å². The number of nitrogens with zero attached hydrogens (tertiary/aromatic N) is 1. The summed E-state index contributed by atoms with van der Waals surface area (Å²) in [6.45, 7) is 1.25. The molecule has 0 unspecified atom stereocenters. The average molecular weight is 341 g/mol. The van der Waals surface area contributed by atoms with Crippen LogP contribution in [-0.4, -0.2) is 44.3 Å². The molecule has 25 heavy (non-hydrogen) atoms. The number of benzene rings is 2. The Morgan fingerprint density at radius 2 is 1.72 bits per heavy atom. The van der Waals surface area contributed by atoms with Crippen LogP contribution in [0.15, 0.2) is 54.6 Å². The molecule has 1 fully saturated rings. The molecular weight excluding hydrogens is 318 g/mol. The van der Waals surface area contributed by atoms with Crippen molar-refractivity contribution in [3.05, 3.63) is 60.2 Å². The monoisotopic (exact) mass is 341 g/mol. The van der Waals surface area contributed by atoms with Crippen molar-refractivity contribution in [1.29, 1.82) is 0 Å². The van der Waals surface area contributed by atoms with Crippen LogP contribution in [0.25, 0.3) is 0 Å². The van der Waals surface area contributed by atoms with Crippen molar-refractivity contribution in [2.75, 3.05) is 27.4 Å². The number of ether oxygens (including phenoxy) is 3. The first-order valence-corrected chi connectivity index (χ1v) is 8.40. The van der Waals surface area contributed by atoms with Crippen molar-refractivity contribution < 1.29 is 19.0 Å². The van der Waals surface area contributed by atoms with Gasteiger partial charge in [0, 0.05) is 25.8 Å². The lowest BCUT2D eigenvalue weighted by molar-refractivity contribution is -0.164. The first kappa shape index (κ1) is 17.3. The van der Waals surface area contributed by atoms with Gasteiger partial charge in [0.05, 0.1) is 7.11 Å². The molecule has 1 aliphatic rings. The largest absolute Gasteiger partial charge is 0.496 e. The minimum Gasteiger partial charge on any atom is -0.496 e. The highest BCUT2D eigenvalue weighted by Gasteiger charge is 2.50. The third-order valence-corrected chi connectivity index (χ3v) is 4.36. The van der Waals surface area contributed by atoms with E-state index >= 15 is 0 Å². The van der Waals surface area contributed by atoms with Gasteiger partial charge in [0.25, 0.3) is 5.91 Å². The van der Waals surface area contributed by atoms with Crippen LogP contribution in [0.4, 0.5) is 0 Å². The van der Waals surface area contributed by atoms with E-state index < -0.39 is 6.10 Å². The van der Waals surface area contributed by atoms with Gasteiger partial charge in [0.1, 0.15) is 17.5 Å². The number of hydrogen-bond donors (Lipinski definition) is 0. The van der Waals surface area contributed by atoms with Crippen molar-refractivity contribution in [2.24, 2.45) is 0 Å². The van der Waals surface area contributed by atoms with Crippen molar-refractivity contribution in [3.8, 4) is 11.5 Å². The van der Waals surface area contributed by atoms with E-state index in [0.717, 1.165) is 17.7 Å². The molecule has 0 aromatic heterocycles. The molecule has 2 atom stereocenters. The number of para-hydroxylation sites is 2. The number of likely N-dealkylation sites (tertiary alicyclic amines) is 1. The SMILES string of the molecule is COCCCN1C(=O)[C@@H](Oc2ccccc2)[C@@H]1c1ccccc1OC. The van der Waals surface area contributed by atoms with Crippen LogP contribution < -0.4 is 9.47 Å². The Morgan fingerprint density at radius 3 is 2.44 bits per heavy atom. The van der Waals surface area contributed by atoms with Crippen LogP contribution >= 0.6 is 0 Å². The van der Waals surface area contributed by atoms with Crippen LogP contribution in [0, 0.1) is 0 Å². The summed E-state index contributed by atoms with van der Waals surface area (Å²) >= 11 is 0. The van der Waals surface area contributed by atoms with Gasteiger partial charge in [-0.05, 0) is 24.6 Å². The van der Waals surface area contributed by atoms with Crippen LogP contribution in [0.1, 0.15) is 18.0 Å². The zero-order chi connectivity index (χ0) is 17.6. The number of hydrogen-bond acceptors (Lipinski definition) is 4. The molecule has 3 rings (SSSR count). The Balaban J connectivity index is 1.84. The highest BCUT2D eigenvalue weighted by molar-refractivity contribution is 5.89. The van der Waals surface area contributed by atoms with Gasteiger partial charge < -0.3 is 19.1 Å². The molecule has 1 aliphatic heterocycles. The summed E-state index contributed by atoms with van der Waals surface area (Å²) in [6.07, 6.45) is 0.243. The first-order valence-electron chi connectivity index (χ1n) is 8.40. The van der Waals surface area contributed by atoms with E-state index in [1.54, 1.807) is 14.2 Å². The quantitative estimate of drug-likeness (QED) is 0.547. The van der Waals surface area contributed by atoms with Crippen molar-refractivity contribution in [2.45, 2.75) is 18.6 Å². The lowest BCUT2D eigenvalue weighted by Gasteiger charge is -2.47. The average Bonchev–Trinajstić information content (AvgIpc) is 2.67. The molecule has 1 amide bonds. The molecule has 0 radical (unpaired) electrons. The summed E-state index contributed by atoms with van der Waals surface area (Å²) in [5.74, 6) is 1.45. The second kappa shape index (κ2) is 8.03.